The van der Waals surface area contributed by atoms with E-state index in [1.54, 1.807) is 0 Å². The summed E-state index contributed by atoms with van der Waals surface area (Å²) in [5.41, 5.74) is 5.80. The molecule has 0 bridgehead atoms. The van der Waals surface area contributed by atoms with Crippen molar-refractivity contribution in [2.75, 3.05) is 0 Å². The average molecular weight is 478 g/mol. The summed E-state index contributed by atoms with van der Waals surface area (Å²) in [4.78, 5) is 19.0. The standard InChI is InChI=1S/C33H35NO2/c1-23(2)31-32(30(35)21-18-24-12-6-3-7-13-24)28-20-19-27(36-26-16-10-5-11-17-26)22-29(28)34-33(31)25-14-8-4-9-15-25/h3-4,6-9,12-15,19-20,22-23,26H,5,10-11,16-18,21H2,1-2H3. The number of fused-ring (bicyclic) bond motifs is 1. The molecule has 0 N–H and O–H groups in total. The van der Waals surface area contributed by atoms with Crippen LogP contribution in [-0.4, -0.2) is 16.9 Å². The number of aryl methyl sites for hydroxylation is 1. The van der Waals surface area contributed by atoms with Gasteiger partial charge in [0.2, 0.25) is 0 Å². The quantitative estimate of drug-likeness (QED) is 0.239. The SMILES string of the molecule is CC(C)c1c(-c2ccccc2)nc2cc(OC3CCCCC3)ccc2c1C(=O)CCc1ccccc1. The van der Waals surface area contributed by atoms with Crippen LogP contribution in [-0.2, 0) is 6.42 Å². The molecule has 0 aliphatic heterocycles. The van der Waals surface area contributed by atoms with Gasteiger partial charge in [0.15, 0.2) is 5.78 Å². The normalized spacial score (nSPS) is 14.3. The minimum absolute atomic E-state index is 0.158. The molecule has 1 aromatic heterocycles. The molecule has 3 nitrogen and oxygen atoms in total. The van der Waals surface area contributed by atoms with E-state index in [0.717, 1.165) is 58.3 Å². The Morgan fingerprint density at radius 1 is 0.917 bits per heavy atom. The van der Waals surface area contributed by atoms with Crippen LogP contribution in [0.2, 0.25) is 0 Å². The Bertz CT molecular complexity index is 1320. The number of Topliss-reactive ketones (excluding diaryl/α,β-unsaturated/α-hetero) is 1. The average Bonchev–Trinajstić information content (AvgIpc) is 2.92. The maximum Gasteiger partial charge on any atom is 0.164 e. The lowest BCUT2D eigenvalue weighted by Gasteiger charge is -2.24. The molecule has 36 heavy (non-hydrogen) atoms. The molecule has 1 saturated carbocycles. The number of rotatable bonds is 8. The molecule has 184 valence electrons. The number of ether oxygens (including phenoxy) is 1. The van der Waals surface area contributed by atoms with Crippen molar-refractivity contribution in [1.29, 1.82) is 0 Å². The van der Waals surface area contributed by atoms with E-state index in [0.29, 0.717) is 6.42 Å². The second-order valence-electron chi connectivity index (χ2n) is 10.2. The van der Waals surface area contributed by atoms with Crippen LogP contribution in [0.3, 0.4) is 0 Å². The summed E-state index contributed by atoms with van der Waals surface area (Å²) in [6.07, 6.45) is 7.44. The fraction of sp³-hybridized carbons (Fsp3) is 0.333. The van der Waals surface area contributed by atoms with Gasteiger partial charge in [0.1, 0.15) is 5.75 Å². The van der Waals surface area contributed by atoms with E-state index in [4.69, 9.17) is 9.72 Å². The number of ketones is 1. The van der Waals surface area contributed by atoms with Gasteiger partial charge in [-0.05, 0) is 61.3 Å². The van der Waals surface area contributed by atoms with E-state index in [2.05, 4.69) is 44.2 Å². The Labute approximate surface area is 214 Å². The summed E-state index contributed by atoms with van der Waals surface area (Å²) in [6, 6.07) is 26.6. The Hall–Kier alpha value is -3.46. The van der Waals surface area contributed by atoms with Gasteiger partial charge in [0.05, 0.1) is 17.3 Å². The summed E-state index contributed by atoms with van der Waals surface area (Å²) < 4.78 is 6.37. The molecule has 1 aliphatic rings. The third-order valence-electron chi connectivity index (χ3n) is 7.24. The van der Waals surface area contributed by atoms with E-state index in [9.17, 15) is 4.79 Å². The Morgan fingerprint density at radius 2 is 1.61 bits per heavy atom. The first-order valence-corrected chi connectivity index (χ1v) is 13.4. The predicted molar refractivity (Wildman–Crippen MR) is 148 cm³/mol. The highest BCUT2D eigenvalue weighted by Gasteiger charge is 2.24. The highest BCUT2D eigenvalue weighted by Crippen LogP contribution is 2.37. The summed E-state index contributed by atoms with van der Waals surface area (Å²) >= 11 is 0. The van der Waals surface area contributed by atoms with Crippen LogP contribution in [0.4, 0.5) is 0 Å². The lowest BCUT2D eigenvalue weighted by atomic mass is 9.86. The molecule has 0 radical (unpaired) electrons. The van der Waals surface area contributed by atoms with Gasteiger partial charge in [-0.2, -0.15) is 0 Å². The van der Waals surface area contributed by atoms with Crippen LogP contribution in [0.15, 0.2) is 78.9 Å². The van der Waals surface area contributed by atoms with Gasteiger partial charge in [0, 0.05) is 29.0 Å². The molecular weight excluding hydrogens is 442 g/mol. The van der Waals surface area contributed by atoms with Crippen LogP contribution in [0.1, 0.15) is 79.8 Å². The van der Waals surface area contributed by atoms with Crippen molar-refractivity contribution < 1.29 is 9.53 Å². The van der Waals surface area contributed by atoms with Gasteiger partial charge >= 0.3 is 0 Å². The molecule has 5 rings (SSSR count). The zero-order chi connectivity index (χ0) is 24.9. The first kappa shape index (κ1) is 24.2. The van der Waals surface area contributed by atoms with Gasteiger partial charge in [-0.1, -0.05) is 80.9 Å². The lowest BCUT2D eigenvalue weighted by Crippen LogP contribution is -2.19. The maximum atomic E-state index is 13.9. The smallest absolute Gasteiger partial charge is 0.164 e. The molecule has 0 saturated heterocycles. The third-order valence-corrected chi connectivity index (χ3v) is 7.24. The molecule has 3 heteroatoms. The summed E-state index contributed by atoms with van der Waals surface area (Å²) in [7, 11) is 0. The Balaban J connectivity index is 1.60. The molecule has 1 heterocycles. The van der Waals surface area contributed by atoms with E-state index < -0.39 is 0 Å². The first-order chi connectivity index (χ1) is 17.6. The van der Waals surface area contributed by atoms with Crippen molar-refractivity contribution in [2.45, 2.75) is 70.8 Å². The molecule has 0 spiro atoms. The number of hydrogen-bond acceptors (Lipinski definition) is 3. The largest absolute Gasteiger partial charge is 0.490 e. The van der Waals surface area contributed by atoms with Crippen LogP contribution < -0.4 is 4.74 Å². The van der Waals surface area contributed by atoms with E-state index in [-0.39, 0.29) is 17.8 Å². The van der Waals surface area contributed by atoms with Gasteiger partial charge < -0.3 is 4.74 Å². The number of benzene rings is 3. The van der Waals surface area contributed by atoms with Gasteiger partial charge in [-0.25, -0.2) is 4.98 Å². The molecule has 4 aromatic rings. The zero-order valence-electron chi connectivity index (χ0n) is 21.4. The number of carbonyl (C=O) groups excluding carboxylic acids is 1. The van der Waals surface area contributed by atoms with Crippen molar-refractivity contribution in [3.63, 3.8) is 0 Å². The zero-order valence-corrected chi connectivity index (χ0v) is 21.4. The molecule has 0 unspecified atom stereocenters. The monoisotopic (exact) mass is 477 g/mol. The fourth-order valence-corrected chi connectivity index (χ4v) is 5.41. The number of hydrogen-bond donors (Lipinski definition) is 0. The van der Waals surface area contributed by atoms with Gasteiger partial charge in [-0.3, -0.25) is 4.79 Å². The predicted octanol–water partition coefficient (Wildman–Crippen LogP) is 8.55. The number of aromatic nitrogens is 1. The minimum atomic E-state index is 0.158. The number of carbonyl (C=O) groups is 1. The van der Waals surface area contributed by atoms with Gasteiger partial charge in [0.25, 0.3) is 0 Å². The molecular formula is C33H35NO2. The van der Waals surface area contributed by atoms with Crippen molar-refractivity contribution in [1.82, 2.24) is 4.98 Å². The first-order valence-electron chi connectivity index (χ1n) is 13.4. The Morgan fingerprint density at radius 3 is 2.31 bits per heavy atom. The van der Waals surface area contributed by atoms with Crippen LogP contribution >= 0.6 is 0 Å². The summed E-state index contributed by atoms with van der Waals surface area (Å²) in [5.74, 6) is 1.18. The molecule has 3 aromatic carbocycles. The Kier molecular flexibility index (Phi) is 7.46. The molecule has 0 amide bonds. The highest BCUT2D eigenvalue weighted by atomic mass is 16.5. The molecule has 0 atom stereocenters. The highest BCUT2D eigenvalue weighted by molar-refractivity contribution is 6.10. The number of nitrogens with zero attached hydrogens (tertiary/aromatic N) is 1. The second kappa shape index (κ2) is 11.1. The summed E-state index contributed by atoms with van der Waals surface area (Å²) in [6.45, 7) is 4.31. The third kappa shape index (κ3) is 5.36. The van der Waals surface area contributed by atoms with E-state index >= 15 is 0 Å². The van der Waals surface area contributed by atoms with Crippen LogP contribution in [0.5, 0.6) is 5.75 Å². The topological polar surface area (TPSA) is 39.2 Å². The molecule has 1 fully saturated rings. The van der Waals surface area contributed by atoms with Gasteiger partial charge in [-0.15, -0.1) is 0 Å². The fourth-order valence-electron chi connectivity index (χ4n) is 5.41. The summed E-state index contributed by atoms with van der Waals surface area (Å²) in [5, 5.41) is 0.924. The van der Waals surface area contributed by atoms with Crippen LogP contribution in [0, 0.1) is 0 Å². The lowest BCUT2D eigenvalue weighted by molar-refractivity contribution is 0.0983. The van der Waals surface area contributed by atoms with Crippen molar-refractivity contribution >= 4 is 16.7 Å². The van der Waals surface area contributed by atoms with Crippen LogP contribution in [0.25, 0.3) is 22.2 Å². The van der Waals surface area contributed by atoms with Crippen molar-refractivity contribution in [3.05, 3.63) is 95.6 Å². The number of pyridine rings is 1. The van der Waals surface area contributed by atoms with E-state index in [1.165, 1.54) is 24.8 Å². The second-order valence-corrected chi connectivity index (χ2v) is 10.2. The molecule has 1 aliphatic carbocycles. The van der Waals surface area contributed by atoms with Crippen molar-refractivity contribution in [3.8, 4) is 17.0 Å². The van der Waals surface area contributed by atoms with E-state index in [1.807, 2.05) is 48.5 Å². The minimum Gasteiger partial charge on any atom is -0.490 e. The maximum absolute atomic E-state index is 13.9. The van der Waals surface area contributed by atoms with Crippen molar-refractivity contribution in [2.24, 2.45) is 0 Å².